The molecule has 2 aromatic carbocycles. The molecule has 29 heavy (non-hydrogen) atoms. The molecule has 148 valence electrons. The first kappa shape index (κ1) is 18.9. The van der Waals surface area contributed by atoms with E-state index in [1.54, 1.807) is 16.8 Å². The summed E-state index contributed by atoms with van der Waals surface area (Å²) in [7, 11) is 0. The summed E-state index contributed by atoms with van der Waals surface area (Å²) in [6, 6.07) is 15.0. The number of amides is 1. The van der Waals surface area contributed by atoms with Crippen molar-refractivity contribution in [3.63, 3.8) is 0 Å². The van der Waals surface area contributed by atoms with E-state index in [0.717, 1.165) is 22.5 Å². The number of fused-ring (bicyclic) bond motifs is 1. The van der Waals surface area contributed by atoms with E-state index in [1.807, 2.05) is 57.2 Å². The van der Waals surface area contributed by atoms with Gasteiger partial charge in [-0.05, 0) is 50.6 Å². The molecule has 4 rings (SSSR count). The number of aromatic nitrogens is 2. The number of nitrogens with one attached hydrogen (secondary N) is 1. The molecule has 1 aromatic heterocycles. The largest absolute Gasteiger partial charge is 0.493 e. The Bertz CT molecular complexity index is 1100. The fourth-order valence-electron chi connectivity index (χ4n) is 3.86. The number of hydrogen-bond acceptors (Lipinski definition) is 4. The second-order valence-corrected chi connectivity index (χ2v) is 7.20. The van der Waals surface area contributed by atoms with Crippen LogP contribution in [0.1, 0.15) is 46.4 Å². The lowest BCUT2D eigenvalue weighted by atomic mass is 9.85. The first-order chi connectivity index (χ1) is 14.0. The van der Waals surface area contributed by atoms with Gasteiger partial charge >= 0.3 is 0 Å². The monoisotopic (exact) mass is 389 g/mol. The molecule has 0 spiro atoms. The average molecular weight is 389 g/mol. The summed E-state index contributed by atoms with van der Waals surface area (Å²) in [5.41, 5.74) is 3.92. The topological polar surface area (TPSA) is 73.2 Å². The number of nitrogens with zero attached hydrogens (tertiary/aromatic N) is 2. The van der Waals surface area contributed by atoms with Crippen LogP contribution < -0.4 is 10.1 Å². The van der Waals surface area contributed by atoms with Gasteiger partial charge in [-0.1, -0.05) is 24.3 Å². The standard InChI is InChI=1S/C23H23N3O3/c1-4-29-19-11-6-5-10-17(19)22(28)18-13-20(27)24-23-21(18)15(3)25-26(23)16-9-7-8-14(2)12-16/h5-12,18H,4,13H2,1-3H3,(H,24,27). The first-order valence-electron chi connectivity index (χ1n) is 9.72. The zero-order valence-corrected chi connectivity index (χ0v) is 16.7. The van der Waals surface area contributed by atoms with Gasteiger partial charge in [0.2, 0.25) is 5.91 Å². The molecule has 6 nitrogen and oxygen atoms in total. The van der Waals surface area contributed by atoms with Gasteiger partial charge in [-0.25, -0.2) is 4.68 Å². The third-order valence-electron chi connectivity index (χ3n) is 5.12. The van der Waals surface area contributed by atoms with Crippen molar-refractivity contribution in [2.24, 2.45) is 0 Å². The van der Waals surface area contributed by atoms with E-state index < -0.39 is 5.92 Å². The van der Waals surface area contributed by atoms with Gasteiger partial charge in [-0.3, -0.25) is 9.59 Å². The number of anilines is 1. The summed E-state index contributed by atoms with van der Waals surface area (Å²) in [5, 5.41) is 7.56. The van der Waals surface area contributed by atoms with Crippen molar-refractivity contribution in [1.82, 2.24) is 9.78 Å². The molecule has 1 aliphatic rings. The fourth-order valence-corrected chi connectivity index (χ4v) is 3.86. The van der Waals surface area contributed by atoms with Gasteiger partial charge in [0.1, 0.15) is 11.6 Å². The van der Waals surface area contributed by atoms with Crippen LogP contribution >= 0.6 is 0 Å². The Hall–Kier alpha value is -3.41. The molecule has 0 bridgehead atoms. The average Bonchev–Trinajstić information content (AvgIpc) is 3.04. The summed E-state index contributed by atoms with van der Waals surface area (Å²) in [6.07, 6.45) is 0.0899. The molecule has 0 aliphatic carbocycles. The Morgan fingerprint density at radius 3 is 2.76 bits per heavy atom. The second kappa shape index (κ2) is 7.54. The van der Waals surface area contributed by atoms with E-state index in [4.69, 9.17) is 4.74 Å². The number of rotatable bonds is 5. The molecule has 2 heterocycles. The third kappa shape index (κ3) is 3.42. The third-order valence-corrected chi connectivity index (χ3v) is 5.12. The lowest BCUT2D eigenvalue weighted by Crippen LogP contribution is -2.28. The van der Waals surface area contributed by atoms with Crippen LogP contribution in [0.4, 0.5) is 5.82 Å². The molecule has 1 aliphatic heterocycles. The highest BCUT2D eigenvalue weighted by Gasteiger charge is 2.37. The number of carbonyl (C=O) groups excluding carboxylic acids is 2. The number of ketones is 1. The smallest absolute Gasteiger partial charge is 0.226 e. The molecule has 0 saturated carbocycles. The van der Waals surface area contributed by atoms with E-state index in [1.165, 1.54) is 0 Å². The van der Waals surface area contributed by atoms with Gasteiger partial charge in [0.05, 0.1) is 29.5 Å². The van der Waals surface area contributed by atoms with Crippen LogP contribution in [-0.4, -0.2) is 28.1 Å². The Morgan fingerprint density at radius 2 is 2.00 bits per heavy atom. The summed E-state index contributed by atoms with van der Waals surface area (Å²) in [6.45, 7) is 6.22. The molecule has 3 aromatic rings. The maximum Gasteiger partial charge on any atom is 0.226 e. The van der Waals surface area contributed by atoms with Gasteiger partial charge in [-0.2, -0.15) is 5.10 Å². The van der Waals surface area contributed by atoms with Crippen LogP contribution in [0.3, 0.4) is 0 Å². The van der Waals surface area contributed by atoms with Gasteiger partial charge in [0, 0.05) is 12.0 Å². The number of aryl methyl sites for hydroxylation is 2. The SMILES string of the molecule is CCOc1ccccc1C(=O)C1CC(=O)Nc2c1c(C)nn2-c1cccc(C)c1. The van der Waals surface area contributed by atoms with Crippen LogP contribution in [0, 0.1) is 13.8 Å². The zero-order valence-electron chi connectivity index (χ0n) is 16.7. The molecular weight excluding hydrogens is 366 g/mol. The lowest BCUT2D eigenvalue weighted by molar-refractivity contribution is -0.116. The number of benzene rings is 2. The number of carbonyl (C=O) groups is 2. The molecule has 6 heteroatoms. The van der Waals surface area contributed by atoms with E-state index >= 15 is 0 Å². The first-order valence-corrected chi connectivity index (χ1v) is 9.72. The van der Waals surface area contributed by atoms with Crippen molar-refractivity contribution in [2.75, 3.05) is 11.9 Å². The van der Waals surface area contributed by atoms with Crippen molar-refractivity contribution in [3.05, 3.63) is 70.9 Å². The Labute approximate surface area is 169 Å². The Morgan fingerprint density at radius 1 is 1.21 bits per heavy atom. The minimum Gasteiger partial charge on any atom is -0.493 e. The normalized spacial score (nSPS) is 15.6. The van der Waals surface area contributed by atoms with Crippen LogP contribution in [0.5, 0.6) is 5.75 Å². The second-order valence-electron chi connectivity index (χ2n) is 7.20. The van der Waals surface area contributed by atoms with Crippen molar-refractivity contribution in [1.29, 1.82) is 0 Å². The predicted octanol–water partition coefficient (Wildman–Crippen LogP) is 4.20. The fraction of sp³-hybridized carbons (Fsp3) is 0.261. The van der Waals surface area contributed by atoms with Gasteiger partial charge in [0.25, 0.3) is 0 Å². The highest BCUT2D eigenvalue weighted by atomic mass is 16.5. The molecule has 0 radical (unpaired) electrons. The Kier molecular flexibility index (Phi) is 4.92. The summed E-state index contributed by atoms with van der Waals surface area (Å²) in [4.78, 5) is 26.0. The van der Waals surface area contributed by atoms with Crippen molar-refractivity contribution in [2.45, 2.75) is 33.1 Å². The van der Waals surface area contributed by atoms with E-state index in [2.05, 4.69) is 10.4 Å². The highest BCUT2D eigenvalue weighted by molar-refractivity contribution is 6.09. The molecule has 0 saturated heterocycles. The van der Waals surface area contributed by atoms with Gasteiger partial charge in [-0.15, -0.1) is 0 Å². The maximum absolute atomic E-state index is 13.5. The van der Waals surface area contributed by atoms with Crippen molar-refractivity contribution >= 4 is 17.5 Å². The summed E-state index contributed by atoms with van der Waals surface area (Å²) < 4.78 is 7.35. The van der Waals surface area contributed by atoms with Crippen LogP contribution in [0.2, 0.25) is 0 Å². The number of Topliss-reactive ketones (excluding diaryl/α,β-unsaturated/α-hetero) is 1. The maximum atomic E-state index is 13.5. The zero-order chi connectivity index (χ0) is 20.5. The minimum atomic E-state index is -0.598. The predicted molar refractivity (Wildman–Crippen MR) is 111 cm³/mol. The molecule has 1 unspecified atom stereocenters. The van der Waals surface area contributed by atoms with Crippen molar-refractivity contribution < 1.29 is 14.3 Å². The quantitative estimate of drug-likeness (QED) is 0.664. The van der Waals surface area contributed by atoms with Gasteiger partial charge < -0.3 is 10.1 Å². The van der Waals surface area contributed by atoms with Crippen LogP contribution in [0.15, 0.2) is 48.5 Å². The highest BCUT2D eigenvalue weighted by Crippen LogP contribution is 2.39. The van der Waals surface area contributed by atoms with Crippen molar-refractivity contribution in [3.8, 4) is 11.4 Å². The number of hydrogen-bond donors (Lipinski definition) is 1. The molecule has 0 fully saturated rings. The van der Waals surface area contributed by atoms with Crippen LogP contribution in [-0.2, 0) is 4.79 Å². The van der Waals surface area contributed by atoms with E-state index in [-0.39, 0.29) is 18.1 Å². The van der Waals surface area contributed by atoms with E-state index in [0.29, 0.717) is 23.7 Å². The van der Waals surface area contributed by atoms with Gasteiger partial charge in [0.15, 0.2) is 5.78 Å². The number of ether oxygens (including phenoxy) is 1. The Balaban J connectivity index is 1.82. The lowest BCUT2D eigenvalue weighted by Gasteiger charge is -2.24. The molecule has 1 N–H and O–H groups in total. The summed E-state index contributed by atoms with van der Waals surface area (Å²) in [5.74, 6) is 0.183. The minimum absolute atomic E-state index is 0.0899. The van der Waals surface area contributed by atoms with E-state index in [9.17, 15) is 9.59 Å². The molecule has 1 amide bonds. The molecular formula is C23H23N3O3. The molecule has 1 atom stereocenters. The number of para-hydroxylation sites is 1. The van der Waals surface area contributed by atoms with Crippen LogP contribution in [0.25, 0.3) is 5.69 Å². The summed E-state index contributed by atoms with van der Waals surface area (Å²) >= 11 is 0.